The van der Waals surface area contributed by atoms with Crippen LogP contribution in [0.4, 0.5) is 4.39 Å². The summed E-state index contributed by atoms with van der Waals surface area (Å²) in [5, 5.41) is 0. The molecule has 0 unspecified atom stereocenters. The third kappa shape index (κ3) is 11.2. The van der Waals surface area contributed by atoms with E-state index < -0.39 is 0 Å². The maximum atomic E-state index is 12.8. The van der Waals surface area contributed by atoms with E-state index in [0.29, 0.717) is 0 Å². The van der Waals surface area contributed by atoms with Crippen LogP contribution in [-0.2, 0) is 0 Å². The molecule has 1 rings (SSSR count). The van der Waals surface area contributed by atoms with Crippen molar-refractivity contribution in [2.45, 2.75) is 46.5 Å². The van der Waals surface area contributed by atoms with Gasteiger partial charge in [0.15, 0.2) is 0 Å². The SMILES string of the molecule is C=C.C=C(C)C.C=C/C(F)=C(\C)CC1CCC1. The van der Waals surface area contributed by atoms with Crippen LogP contribution in [0.25, 0.3) is 0 Å². The van der Waals surface area contributed by atoms with Gasteiger partial charge >= 0.3 is 0 Å². The molecule has 0 amide bonds. The molecule has 1 aliphatic rings. The van der Waals surface area contributed by atoms with Gasteiger partial charge in [0.05, 0.1) is 0 Å². The highest BCUT2D eigenvalue weighted by Crippen LogP contribution is 2.32. The predicted molar refractivity (Wildman–Crippen MR) is 77.7 cm³/mol. The van der Waals surface area contributed by atoms with Crippen LogP contribution in [0.2, 0.25) is 0 Å². The molecule has 98 valence electrons. The highest BCUT2D eigenvalue weighted by molar-refractivity contribution is 5.16. The molecule has 0 atom stereocenters. The second-order valence-corrected chi connectivity index (χ2v) is 4.54. The Labute approximate surface area is 107 Å². The topological polar surface area (TPSA) is 0 Å². The van der Waals surface area contributed by atoms with Crippen molar-refractivity contribution in [3.8, 4) is 0 Å². The van der Waals surface area contributed by atoms with Gasteiger partial charge in [0, 0.05) is 0 Å². The lowest BCUT2D eigenvalue weighted by Gasteiger charge is -2.25. The van der Waals surface area contributed by atoms with Crippen molar-refractivity contribution in [3.05, 3.63) is 49.4 Å². The molecule has 1 fully saturated rings. The smallest absolute Gasteiger partial charge is 0.121 e. The van der Waals surface area contributed by atoms with E-state index in [1.165, 1.54) is 30.9 Å². The molecule has 0 radical (unpaired) electrons. The summed E-state index contributed by atoms with van der Waals surface area (Å²) < 4.78 is 12.8. The molecule has 0 N–H and O–H groups in total. The minimum absolute atomic E-state index is 0.128. The van der Waals surface area contributed by atoms with E-state index in [0.717, 1.165) is 17.9 Å². The average molecular weight is 238 g/mol. The molecule has 1 saturated carbocycles. The van der Waals surface area contributed by atoms with E-state index in [1.54, 1.807) is 0 Å². The monoisotopic (exact) mass is 238 g/mol. The maximum Gasteiger partial charge on any atom is 0.121 e. The van der Waals surface area contributed by atoms with Gasteiger partial charge in [0.1, 0.15) is 5.83 Å². The van der Waals surface area contributed by atoms with Crippen LogP contribution in [0.1, 0.15) is 46.5 Å². The van der Waals surface area contributed by atoms with Crippen molar-refractivity contribution in [1.82, 2.24) is 0 Å². The predicted octanol–water partition coefficient (Wildman–Crippen LogP) is 5.99. The van der Waals surface area contributed by atoms with Crippen LogP contribution < -0.4 is 0 Å². The fourth-order valence-electron chi connectivity index (χ4n) is 1.40. The van der Waals surface area contributed by atoms with E-state index in [-0.39, 0.29) is 5.83 Å². The first-order valence-corrected chi connectivity index (χ1v) is 6.07. The summed E-state index contributed by atoms with van der Waals surface area (Å²) in [5.74, 6) is 0.623. The number of rotatable bonds is 3. The van der Waals surface area contributed by atoms with Crippen LogP contribution in [-0.4, -0.2) is 0 Å². The van der Waals surface area contributed by atoms with E-state index in [2.05, 4.69) is 26.3 Å². The van der Waals surface area contributed by atoms with Crippen LogP contribution in [0, 0.1) is 5.92 Å². The van der Waals surface area contributed by atoms with Crippen molar-refractivity contribution in [2.24, 2.45) is 5.92 Å². The number of allylic oxidation sites excluding steroid dienone is 4. The Morgan fingerprint density at radius 2 is 1.65 bits per heavy atom. The summed E-state index contributed by atoms with van der Waals surface area (Å²) in [6.45, 7) is 18.8. The third-order valence-corrected chi connectivity index (χ3v) is 2.41. The highest BCUT2D eigenvalue weighted by Gasteiger charge is 2.18. The van der Waals surface area contributed by atoms with Gasteiger partial charge in [0.25, 0.3) is 0 Å². The van der Waals surface area contributed by atoms with Gasteiger partial charge in [-0.25, -0.2) is 4.39 Å². The maximum absolute atomic E-state index is 12.8. The van der Waals surface area contributed by atoms with Crippen molar-refractivity contribution in [2.75, 3.05) is 0 Å². The van der Waals surface area contributed by atoms with Crippen molar-refractivity contribution in [1.29, 1.82) is 0 Å². The highest BCUT2D eigenvalue weighted by atomic mass is 19.1. The molecule has 17 heavy (non-hydrogen) atoms. The van der Waals surface area contributed by atoms with Gasteiger partial charge in [-0.05, 0) is 44.8 Å². The molecule has 0 saturated heterocycles. The van der Waals surface area contributed by atoms with E-state index >= 15 is 0 Å². The molecule has 0 spiro atoms. The summed E-state index contributed by atoms with van der Waals surface area (Å²) in [6, 6.07) is 0. The summed E-state index contributed by atoms with van der Waals surface area (Å²) in [7, 11) is 0. The van der Waals surface area contributed by atoms with E-state index in [1.807, 2.05) is 20.8 Å². The Kier molecular flexibility index (Phi) is 12.2. The van der Waals surface area contributed by atoms with Crippen molar-refractivity contribution >= 4 is 0 Å². The summed E-state index contributed by atoms with van der Waals surface area (Å²) >= 11 is 0. The summed E-state index contributed by atoms with van der Waals surface area (Å²) in [4.78, 5) is 0. The molecule has 0 aromatic rings. The van der Waals surface area contributed by atoms with Crippen LogP contribution in [0.5, 0.6) is 0 Å². The number of hydrogen-bond donors (Lipinski definition) is 0. The van der Waals surface area contributed by atoms with Crippen molar-refractivity contribution < 1.29 is 4.39 Å². The van der Waals surface area contributed by atoms with Gasteiger partial charge in [-0.1, -0.05) is 31.4 Å². The molecular weight excluding hydrogens is 211 g/mol. The lowest BCUT2D eigenvalue weighted by Crippen LogP contribution is -2.11. The molecule has 0 bridgehead atoms. The number of hydrogen-bond acceptors (Lipinski definition) is 0. The molecule has 1 heteroatoms. The Bertz CT molecular complexity index is 253. The van der Waals surface area contributed by atoms with E-state index in [9.17, 15) is 4.39 Å². The fraction of sp³-hybridized carbons (Fsp3) is 0.500. The second kappa shape index (κ2) is 11.4. The second-order valence-electron chi connectivity index (χ2n) is 4.54. The first-order chi connectivity index (χ1) is 7.97. The zero-order chi connectivity index (χ0) is 13.8. The Morgan fingerprint density at radius 3 is 1.88 bits per heavy atom. The molecule has 0 aromatic carbocycles. The van der Waals surface area contributed by atoms with Gasteiger partial charge in [-0.3, -0.25) is 0 Å². The molecule has 0 nitrogen and oxygen atoms in total. The van der Waals surface area contributed by atoms with E-state index in [4.69, 9.17) is 0 Å². The standard InChI is InChI=1S/C10H15F.C4H8.C2H4/c1-3-10(11)8(2)7-9-5-4-6-9;1-4(2)3;1-2/h3,9H,1,4-7H2,2H3;1H2,2-3H3;1-2H2/b10-8-;;. The molecular formula is C16H27F. The lowest BCUT2D eigenvalue weighted by atomic mass is 9.81. The molecule has 1 aliphatic carbocycles. The van der Waals surface area contributed by atoms with Gasteiger partial charge < -0.3 is 0 Å². The largest absolute Gasteiger partial charge is 0.207 e. The minimum Gasteiger partial charge on any atom is -0.207 e. The van der Waals surface area contributed by atoms with Crippen molar-refractivity contribution in [3.63, 3.8) is 0 Å². The molecule has 0 aromatic heterocycles. The Hall–Kier alpha value is -1.11. The molecule has 0 heterocycles. The van der Waals surface area contributed by atoms with Crippen LogP contribution in [0.3, 0.4) is 0 Å². The third-order valence-electron chi connectivity index (χ3n) is 2.41. The fourth-order valence-corrected chi connectivity index (χ4v) is 1.40. The zero-order valence-corrected chi connectivity index (χ0v) is 11.7. The first kappa shape index (κ1) is 18.3. The van der Waals surface area contributed by atoms with Gasteiger partial charge in [-0.15, -0.1) is 19.7 Å². The number of halogens is 1. The Morgan fingerprint density at radius 1 is 1.24 bits per heavy atom. The first-order valence-electron chi connectivity index (χ1n) is 6.07. The normalized spacial score (nSPS) is 15.1. The van der Waals surface area contributed by atoms with Crippen LogP contribution >= 0.6 is 0 Å². The lowest BCUT2D eigenvalue weighted by molar-refractivity contribution is 0.311. The zero-order valence-electron chi connectivity index (χ0n) is 11.7. The summed E-state index contributed by atoms with van der Waals surface area (Å²) in [6.07, 6.45) is 6.11. The quantitative estimate of drug-likeness (QED) is 0.418. The van der Waals surface area contributed by atoms with Gasteiger partial charge in [-0.2, -0.15) is 0 Å². The van der Waals surface area contributed by atoms with Crippen LogP contribution in [0.15, 0.2) is 49.4 Å². The minimum atomic E-state index is -0.128. The summed E-state index contributed by atoms with van der Waals surface area (Å²) in [5.41, 5.74) is 2.03. The average Bonchev–Trinajstić information content (AvgIpc) is 2.24. The molecule has 0 aliphatic heterocycles. The van der Waals surface area contributed by atoms with Gasteiger partial charge in [0.2, 0.25) is 0 Å². The Balaban J connectivity index is 0.